The predicted molar refractivity (Wildman–Crippen MR) is 87.4 cm³/mol. The van der Waals surface area contributed by atoms with Gasteiger partial charge in [-0.15, -0.1) is 0 Å². The molecule has 0 bridgehead atoms. The Bertz CT molecular complexity index is 476. The zero-order chi connectivity index (χ0) is 16.7. The number of piperazine rings is 1. The second-order valence-electron chi connectivity index (χ2n) is 6.27. The van der Waals surface area contributed by atoms with Gasteiger partial charge in [0.25, 0.3) is 0 Å². The summed E-state index contributed by atoms with van der Waals surface area (Å²) in [5.74, 6) is 1.40. The van der Waals surface area contributed by atoms with Crippen LogP contribution in [-0.4, -0.2) is 71.8 Å². The van der Waals surface area contributed by atoms with Crippen LogP contribution in [0.5, 0.6) is 11.5 Å². The summed E-state index contributed by atoms with van der Waals surface area (Å²) < 4.78 is 16.1. The number of likely N-dealkylation sites (N-methyl/N-ethyl adjacent to an activating group) is 1. The maximum atomic E-state index is 10.1. The minimum absolute atomic E-state index is 0.362. The van der Waals surface area contributed by atoms with Gasteiger partial charge in [-0.05, 0) is 17.7 Å². The molecule has 0 spiro atoms. The first-order valence-corrected chi connectivity index (χ1v) is 8.24. The Hall–Kier alpha value is -1.34. The summed E-state index contributed by atoms with van der Waals surface area (Å²) in [7, 11) is 5.46. The zero-order valence-corrected chi connectivity index (χ0v) is 14.4. The van der Waals surface area contributed by atoms with E-state index >= 15 is 0 Å². The SMILES string of the molecule is COc1ccc(COC[C@@H](O)C[NH+]2CC[NH+](C)CC2)cc1OC. The molecule has 0 saturated carbocycles. The molecule has 1 aromatic rings. The van der Waals surface area contributed by atoms with Gasteiger partial charge in [0.05, 0.1) is 34.5 Å². The largest absolute Gasteiger partial charge is 0.493 e. The highest BCUT2D eigenvalue weighted by Crippen LogP contribution is 2.27. The lowest BCUT2D eigenvalue weighted by molar-refractivity contribution is -1.00. The van der Waals surface area contributed by atoms with E-state index in [1.165, 1.54) is 18.0 Å². The van der Waals surface area contributed by atoms with E-state index in [1.54, 1.807) is 19.1 Å². The predicted octanol–water partition coefficient (Wildman–Crippen LogP) is -2.01. The van der Waals surface area contributed by atoms with Crippen molar-refractivity contribution in [2.75, 3.05) is 60.6 Å². The van der Waals surface area contributed by atoms with E-state index < -0.39 is 6.10 Å². The second-order valence-corrected chi connectivity index (χ2v) is 6.27. The van der Waals surface area contributed by atoms with Crippen molar-refractivity contribution in [2.24, 2.45) is 0 Å². The van der Waals surface area contributed by atoms with Crippen molar-refractivity contribution >= 4 is 0 Å². The molecular weight excluding hydrogens is 296 g/mol. The van der Waals surface area contributed by atoms with Gasteiger partial charge in [-0.3, -0.25) is 0 Å². The summed E-state index contributed by atoms with van der Waals surface area (Å²) in [6.07, 6.45) is -0.413. The van der Waals surface area contributed by atoms with Crippen LogP contribution in [0.1, 0.15) is 5.56 Å². The third-order valence-electron chi connectivity index (χ3n) is 4.36. The first-order valence-electron chi connectivity index (χ1n) is 8.24. The minimum atomic E-state index is -0.413. The lowest BCUT2D eigenvalue weighted by atomic mass is 10.2. The Morgan fingerprint density at radius 2 is 1.78 bits per heavy atom. The molecule has 1 fully saturated rings. The van der Waals surface area contributed by atoms with Crippen LogP contribution >= 0.6 is 0 Å². The third kappa shape index (κ3) is 5.66. The molecule has 1 aromatic carbocycles. The highest BCUT2D eigenvalue weighted by atomic mass is 16.5. The second kappa shape index (κ2) is 9.08. The first-order chi connectivity index (χ1) is 11.1. The summed E-state index contributed by atoms with van der Waals surface area (Å²) in [6, 6.07) is 5.71. The molecule has 1 aliphatic heterocycles. The molecule has 0 radical (unpaired) electrons. The van der Waals surface area contributed by atoms with Crippen LogP contribution in [0.15, 0.2) is 18.2 Å². The van der Waals surface area contributed by atoms with Crippen LogP contribution < -0.4 is 19.3 Å². The van der Waals surface area contributed by atoms with Gasteiger partial charge in [0.15, 0.2) is 11.5 Å². The summed E-state index contributed by atoms with van der Waals surface area (Å²) in [6.45, 7) is 6.18. The van der Waals surface area contributed by atoms with Gasteiger partial charge in [-0.25, -0.2) is 0 Å². The van der Waals surface area contributed by atoms with E-state index in [4.69, 9.17) is 14.2 Å². The lowest BCUT2D eigenvalue weighted by Gasteiger charge is -2.28. The van der Waals surface area contributed by atoms with E-state index in [-0.39, 0.29) is 0 Å². The molecule has 1 saturated heterocycles. The van der Waals surface area contributed by atoms with Gasteiger partial charge < -0.3 is 29.1 Å². The maximum absolute atomic E-state index is 10.1. The first kappa shape index (κ1) is 18.0. The number of quaternary nitrogens is 2. The highest BCUT2D eigenvalue weighted by molar-refractivity contribution is 5.42. The number of ether oxygens (including phenoxy) is 3. The number of nitrogens with one attached hydrogen (secondary N) is 2. The average Bonchev–Trinajstić information content (AvgIpc) is 2.56. The van der Waals surface area contributed by atoms with Crippen molar-refractivity contribution in [3.8, 4) is 11.5 Å². The summed E-state index contributed by atoms with van der Waals surface area (Å²) in [5.41, 5.74) is 1.00. The van der Waals surface area contributed by atoms with Crippen LogP contribution in [0.25, 0.3) is 0 Å². The summed E-state index contributed by atoms with van der Waals surface area (Å²) >= 11 is 0. The zero-order valence-electron chi connectivity index (χ0n) is 14.4. The van der Waals surface area contributed by atoms with Gasteiger partial charge in [-0.1, -0.05) is 6.07 Å². The van der Waals surface area contributed by atoms with E-state index in [0.29, 0.717) is 24.7 Å². The van der Waals surface area contributed by atoms with Gasteiger partial charge in [0, 0.05) is 0 Å². The number of benzene rings is 1. The quantitative estimate of drug-likeness (QED) is 0.517. The highest BCUT2D eigenvalue weighted by Gasteiger charge is 2.22. The number of hydrogen-bond acceptors (Lipinski definition) is 4. The summed E-state index contributed by atoms with van der Waals surface area (Å²) in [4.78, 5) is 3.05. The molecule has 6 heteroatoms. The van der Waals surface area contributed by atoms with Crippen molar-refractivity contribution in [3.05, 3.63) is 23.8 Å². The fraction of sp³-hybridized carbons (Fsp3) is 0.647. The minimum Gasteiger partial charge on any atom is -0.493 e. The van der Waals surface area contributed by atoms with Crippen molar-refractivity contribution in [3.63, 3.8) is 0 Å². The Morgan fingerprint density at radius 3 is 2.43 bits per heavy atom. The summed E-state index contributed by atoms with van der Waals surface area (Å²) in [5, 5.41) is 10.1. The van der Waals surface area contributed by atoms with Crippen molar-refractivity contribution in [2.45, 2.75) is 12.7 Å². The van der Waals surface area contributed by atoms with Crippen molar-refractivity contribution in [1.29, 1.82) is 0 Å². The molecular formula is C17H30N2O4+2. The number of rotatable bonds is 8. The fourth-order valence-electron chi connectivity index (χ4n) is 2.91. The smallest absolute Gasteiger partial charge is 0.161 e. The molecule has 0 aromatic heterocycles. The molecule has 130 valence electrons. The van der Waals surface area contributed by atoms with Crippen molar-refractivity contribution in [1.82, 2.24) is 0 Å². The average molecular weight is 326 g/mol. The molecule has 1 heterocycles. The number of aliphatic hydroxyl groups excluding tert-OH is 1. The number of aliphatic hydroxyl groups is 1. The van der Waals surface area contributed by atoms with E-state index in [0.717, 1.165) is 25.2 Å². The Labute approximate surface area is 138 Å². The molecule has 1 atom stereocenters. The molecule has 3 N–H and O–H groups in total. The van der Waals surface area contributed by atoms with E-state index in [2.05, 4.69) is 7.05 Å². The topological polar surface area (TPSA) is 56.8 Å². The third-order valence-corrected chi connectivity index (χ3v) is 4.36. The number of hydrogen-bond donors (Lipinski definition) is 3. The van der Waals surface area contributed by atoms with Crippen LogP contribution in [0.3, 0.4) is 0 Å². The monoisotopic (exact) mass is 326 g/mol. The standard InChI is InChI=1S/C17H28N2O4/c1-18-6-8-19(9-7-18)11-15(20)13-23-12-14-4-5-16(21-2)17(10-14)22-3/h4-5,10,15,20H,6-9,11-13H2,1-3H3/p+2/t15-/m0/s1. The van der Waals surface area contributed by atoms with Crippen molar-refractivity contribution < 1.29 is 29.1 Å². The fourth-order valence-corrected chi connectivity index (χ4v) is 2.91. The Balaban J connectivity index is 1.72. The van der Waals surface area contributed by atoms with E-state index in [9.17, 15) is 5.11 Å². The molecule has 0 aliphatic carbocycles. The van der Waals surface area contributed by atoms with Gasteiger partial charge in [-0.2, -0.15) is 0 Å². The van der Waals surface area contributed by atoms with Crippen LogP contribution in [0, 0.1) is 0 Å². The molecule has 1 aliphatic rings. The molecule has 6 nitrogen and oxygen atoms in total. The van der Waals surface area contributed by atoms with Gasteiger partial charge in [0.2, 0.25) is 0 Å². The van der Waals surface area contributed by atoms with Crippen LogP contribution in [0.2, 0.25) is 0 Å². The van der Waals surface area contributed by atoms with Gasteiger partial charge in [0.1, 0.15) is 38.8 Å². The molecule has 23 heavy (non-hydrogen) atoms. The normalized spacial score (nSPS) is 22.6. The van der Waals surface area contributed by atoms with Crippen LogP contribution in [-0.2, 0) is 11.3 Å². The number of methoxy groups -OCH3 is 2. The molecule has 2 rings (SSSR count). The van der Waals surface area contributed by atoms with E-state index in [1.807, 2.05) is 18.2 Å². The molecule has 0 unspecified atom stereocenters. The van der Waals surface area contributed by atoms with Crippen LogP contribution in [0.4, 0.5) is 0 Å². The Morgan fingerprint density at radius 1 is 1.09 bits per heavy atom. The Kier molecular flexibility index (Phi) is 7.11. The maximum Gasteiger partial charge on any atom is 0.161 e. The molecule has 0 amide bonds. The lowest BCUT2D eigenvalue weighted by Crippen LogP contribution is -3.27. The van der Waals surface area contributed by atoms with Gasteiger partial charge >= 0.3 is 0 Å².